The Morgan fingerprint density at radius 1 is 1.38 bits per heavy atom. The van der Waals surface area contributed by atoms with Gasteiger partial charge in [0.1, 0.15) is 16.9 Å². The second kappa shape index (κ2) is 5.62. The van der Waals surface area contributed by atoms with Gasteiger partial charge in [0.15, 0.2) is 0 Å². The van der Waals surface area contributed by atoms with E-state index in [9.17, 15) is 17.2 Å². The maximum atomic E-state index is 13.7. The van der Waals surface area contributed by atoms with Gasteiger partial charge in [-0.2, -0.15) is 0 Å². The van der Waals surface area contributed by atoms with Gasteiger partial charge in [-0.1, -0.05) is 6.07 Å². The lowest BCUT2D eigenvalue weighted by Gasteiger charge is -2.19. The zero-order chi connectivity index (χ0) is 15.8. The van der Waals surface area contributed by atoms with Gasteiger partial charge < -0.3 is 4.74 Å². The van der Waals surface area contributed by atoms with Gasteiger partial charge in [-0.25, -0.2) is 21.9 Å². The zero-order valence-electron chi connectivity index (χ0n) is 12.2. The molecule has 7 heteroatoms. The SMILES string of the molecule is CC(NS(=O)(=O)C1COC(C)(C)C1)c1ccc(F)cc1F. The summed E-state index contributed by atoms with van der Waals surface area (Å²) in [7, 11) is -3.64. The van der Waals surface area contributed by atoms with E-state index in [0.29, 0.717) is 6.42 Å². The minimum absolute atomic E-state index is 0.109. The van der Waals surface area contributed by atoms with Crippen LogP contribution in [0, 0.1) is 11.6 Å². The van der Waals surface area contributed by atoms with E-state index >= 15 is 0 Å². The Kier molecular flexibility index (Phi) is 4.37. The summed E-state index contributed by atoms with van der Waals surface area (Å²) in [5, 5.41) is -0.668. The van der Waals surface area contributed by atoms with Crippen LogP contribution in [0.1, 0.15) is 38.8 Å². The van der Waals surface area contributed by atoms with E-state index in [-0.39, 0.29) is 12.2 Å². The van der Waals surface area contributed by atoms with E-state index in [2.05, 4.69) is 4.72 Å². The topological polar surface area (TPSA) is 55.4 Å². The lowest BCUT2D eigenvalue weighted by atomic mass is 10.1. The molecule has 1 heterocycles. The molecule has 2 rings (SSSR count). The number of rotatable bonds is 4. The normalized spacial score (nSPS) is 23.2. The van der Waals surface area contributed by atoms with Crippen molar-refractivity contribution >= 4 is 10.0 Å². The number of ether oxygens (including phenoxy) is 1. The van der Waals surface area contributed by atoms with Crippen LogP contribution in [-0.2, 0) is 14.8 Å². The van der Waals surface area contributed by atoms with Crippen LogP contribution in [-0.4, -0.2) is 25.9 Å². The predicted octanol–water partition coefficient (Wildman–Crippen LogP) is 2.51. The van der Waals surface area contributed by atoms with Crippen molar-refractivity contribution in [2.24, 2.45) is 0 Å². The molecule has 2 atom stereocenters. The van der Waals surface area contributed by atoms with Crippen molar-refractivity contribution in [1.29, 1.82) is 0 Å². The first-order chi connectivity index (χ1) is 9.61. The summed E-state index contributed by atoms with van der Waals surface area (Å²) in [5.41, 5.74) is -0.373. The highest BCUT2D eigenvalue weighted by Crippen LogP contribution is 2.29. The highest BCUT2D eigenvalue weighted by Gasteiger charge is 2.40. The molecule has 0 bridgehead atoms. The van der Waals surface area contributed by atoms with Gasteiger partial charge in [0.25, 0.3) is 0 Å². The molecule has 0 saturated carbocycles. The molecule has 1 aromatic carbocycles. The van der Waals surface area contributed by atoms with E-state index in [1.54, 1.807) is 0 Å². The minimum Gasteiger partial charge on any atom is -0.374 e. The Balaban J connectivity index is 2.13. The van der Waals surface area contributed by atoms with Crippen LogP contribution in [0.5, 0.6) is 0 Å². The van der Waals surface area contributed by atoms with Gasteiger partial charge in [-0.3, -0.25) is 0 Å². The van der Waals surface area contributed by atoms with Crippen LogP contribution < -0.4 is 4.72 Å². The molecule has 1 aliphatic rings. The monoisotopic (exact) mass is 319 g/mol. The van der Waals surface area contributed by atoms with Crippen molar-refractivity contribution < 1.29 is 21.9 Å². The molecule has 1 saturated heterocycles. The van der Waals surface area contributed by atoms with Crippen molar-refractivity contribution in [2.75, 3.05) is 6.61 Å². The Morgan fingerprint density at radius 2 is 2.05 bits per heavy atom. The first-order valence-electron chi connectivity index (χ1n) is 6.71. The van der Waals surface area contributed by atoms with E-state index in [1.807, 2.05) is 13.8 Å². The molecule has 0 amide bonds. The van der Waals surface area contributed by atoms with Crippen molar-refractivity contribution in [3.05, 3.63) is 35.4 Å². The third kappa shape index (κ3) is 3.78. The van der Waals surface area contributed by atoms with E-state index < -0.39 is 38.6 Å². The van der Waals surface area contributed by atoms with Gasteiger partial charge in [0, 0.05) is 17.7 Å². The highest BCUT2D eigenvalue weighted by atomic mass is 32.2. The number of nitrogens with one attached hydrogen (secondary N) is 1. The standard InChI is InChI=1S/C14H19F2NO3S/c1-9(12-5-4-10(15)6-13(12)16)17-21(18,19)11-7-14(2,3)20-8-11/h4-6,9,11,17H,7-8H2,1-3H3. The fourth-order valence-electron chi connectivity index (χ4n) is 2.44. The van der Waals surface area contributed by atoms with Crippen LogP contribution in [0.15, 0.2) is 18.2 Å². The van der Waals surface area contributed by atoms with Gasteiger partial charge in [0.05, 0.1) is 12.2 Å². The Bertz CT molecular complexity index is 631. The van der Waals surface area contributed by atoms with Crippen LogP contribution in [0.3, 0.4) is 0 Å². The molecule has 0 aliphatic carbocycles. The van der Waals surface area contributed by atoms with Crippen LogP contribution in [0.4, 0.5) is 8.78 Å². The summed E-state index contributed by atoms with van der Waals surface area (Å²) in [6.45, 7) is 5.28. The average molecular weight is 319 g/mol. The average Bonchev–Trinajstić information content (AvgIpc) is 2.69. The Morgan fingerprint density at radius 3 is 2.57 bits per heavy atom. The summed E-state index contributed by atoms with van der Waals surface area (Å²) in [6, 6.07) is 2.30. The fraction of sp³-hybridized carbons (Fsp3) is 0.571. The largest absolute Gasteiger partial charge is 0.374 e. The van der Waals surface area contributed by atoms with Crippen molar-refractivity contribution in [3.63, 3.8) is 0 Å². The molecule has 1 N–H and O–H groups in total. The van der Waals surface area contributed by atoms with Crippen molar-refractivity contribution in [2.45, 2.75) is 44.1 Å². The molecular formula is C14H19F2NO3S. The number of hydrogen-bond acceptors (Lipinski definition) is 3. The number of hydrogen-bond donors (Lipinski definition) is 1. The lowest BCUT2D eigenvalue weighted by Crippen LogP contribution is -2.37. The van der Waals surface area contributed by atoms with Crippen LogP contribution in [0.2, 0.25) is 0 Å². The van der Waals surface area contributed by atoms with Crippen molar-refractivity contribution in [3.8, 4) is 0 Å². The predicted molar refractivity (Wildman–Crippen MR) is 75.3 cm³/mol. The summed E-state index contributed by atoms with van der Waals surface area (Å²) in [6.07, 6.45) is 0.376. The molecule has 0 aromatic heterocycles. The molecule has 1 fully saturated rings. The molecule has 118 valence electrons. The van der Waals surface area contributed by atoms with E-state index in [4.69, 9.17) is 4.74 Å². The zero-order valence-corrected chi connectivity index (χ0v) is 13.0. The van der Waals surface area contributed by atoms with Crippen LogP contribution >= 0.6 is 0 Å². The summed E-state index contributed by atoms with van der Waals surface area (Å²) in [4.78, 5) is 0. The van der Waals surface area contributed by atoms with E-state index in [1.165, 1.54) is 13.0 Å². The third-order valence-corrected chi connectivity index (χ3v) is 5.45. The molecule has 0 radical (unpaired) electrons. The molecular weight excluding hydrogens is 300 g/mol. The summed E-state index contributed by atoms with van der Waals surface area (Å²) in [5.74, 6) is -1.47. The van der Waals surface area contributed by atoms with Crippen LogP contribution in [0.25, 0.3) is 0 Å². The summed E-state index contributed by atoms with van der Waals surface area (Å²) < 4.78 is 59.0. The molecule has 4 nitrogen and oxygen atoms in total. The maximum Gasteiger partial charge on any atom is 0.217 e. The quantitative estimate of drug-likeness (QED) is 0.928. The Hall–Kier alpha value is -1.05. The van der Waals surface area contributed by atoms with Gasteiger partial charge in [0.2, 0.25) is 10.0 Å². The van der Waals surface area contributed by atoms with E-state index in [0.717, 1.165) is 12.1 Å². The fourth-order valence-corrected chi connectivity index (χ4v) is 4.12. The smallest absolute Gasteiger partial charge is 0.217 e. The minimum atomic E-state index is -3.64. The number of halogens is 2. The maximum absolute atomic E-state index is 13.7. The second-order valence-electron chi connectivity index (χ2n) is 5.95. The number of benzene rings is 1. The lowest BCUT2D eigenvalue weighted by molar-refractivity contribution is 0.0367. The van der Waals surface area contributed by atoms with Crippen molar-refractivity contribution in [1.82, 2.24) is 4.72 Å². The molecule has 21 heavy (non-hydrogen) atoms. The first-order valence-corrected chi connectivity index (χ1v) is 8.25. The first kappa shape index (κ1) is 16.3. The number of sulfonamides is 1. The molecule has 2 unspecified atom stereocenters. The molecule has 1 aromatic rings. The van der Waals surface area contributed by atoms with Gasteiger partial charge in [-0.15, -0.1) is 0 Å². The van der Waals surface area contributed by atoms with Gasteiger partial charge >= 0.3 is 0 Å². The second-order valence-corrected chi connectivity index (χ2v) is 7.94. The molecule has 1 aliphatic heterocycles. The summed E-state index contributed by atoms with van der Waals surface area (Å²) >= 11 is 0. The van der Waals surface area contributed by atoms with Gasteiger partial charge in [-0.05, 0) is 33.3 Å². The third-order valence-electron chi connectivity index (χ3n) is 3.59. The molecule has 0 spiro atoms. The highest BCUT2D eigenvalue weighted by molar-refractivity contribution is 7.90. The Labute approximate surface area is 123 Å².